The quantitative estimate of drug-likeness (QED) is 0.730. The molecule has 0 unspecified atom stereocenters. The van der Waals surface area contributed by atoms with Crippen molar-refractivity contribution in [3.63, 3.8) is 0 Å². The highest BCUT2D eigenvalue weighted by Crippen LogP contribution is 2.35. The zero-order valence-electron chi connectivity index (χ0n) is 14.1. The summed E-state index contributed by atoms with van der Waals surface area (Å²) in [5, 5.41) is 0. The highest BCUT2D eigenvalue weighted by molar-refractivity contribution is 7.89. The molecule has 0 fully saturated rings. The van der Waals surface area contributed by atoms with Crippen molar-refractivity contribution < 1.29 is 31.1 Å². The van der Waals surface area contributed by atoms with Gasteiger partial charge in [0.25, 0.3) is 6.10 Å². The van der Waals surface area contributed by atoms with Gasteiger partial charge in [0, 0.05) is 33.5 Å². The van der Waals surface area contributed by atoms with Crippen LogP contribution in [0.25, 0.3) is 0 Å². The molecule has 0 N–H and O–H groups in total. The number of aryl methyl sites for hydroxylation is 1. The van der Waals surface area contributed by atoms with Crippen molar-refractivity contribution in [1.82, 2.24) is 13.9 Å². The van der Waals surface area contributed by atoms with E-state index in [4.69, 9.17) is 0 Å². The van der Waals surface area contributed by atoms with E-state index in [1.807, 2.05) is 0 Å². The van der Waals surface area contributed by atoms with Crippen LogP contribution in [0.3, 0.4) is 0 Å². The highest BCUT2D eigenvalue weighted by Gasteiger charge is 2.46. The van der Waals surface area contributed by atoms with Gasteiger partial charge in [-0.15, -0.1) is 0 Å². The number of hydrogen-bond donors (Lipinski definition) is 0. The van der Waals surface area contributed by atoms with E-state index in [9.17, 15) is 26.4 Å². The number of alkyl halides is 3. The van der Waals surface area contributed by atoms with E-state index in [1.165, 1.54) is 27.3 Å². The van der Waals surface area contributed by atoms with E-state index >= 15 is 0 Å². The molecule has 142 valence electrons. The third-order valence-electron chi connectivity index (χ3n) is 3.48. The van der Waals surface area contributed by atoms with Crippen LogP contribution in [0.2, 0.25) is 0 Å². The second-order valence-corrected chi connectivity index (χ2v) is 7.69. The van der Waals surface area contributed by atoms with Gasteiger partial charge >= 0.3 is 12.1 Å². The summed E-state index contributed by atoms with van der Waals surface area (Å²) in [5.74, 6) is -1.72. The number of ether oxygens (including phenoxy) is 1. The maximum absolute atomic E-state index is 13.2. The number of hydrogen-bond acceptors (Lipinski definition) is 5. The summed E-state index contributed by atoms with van der Waals surface area (Å²) in [6.07, 6.45) is -4.95. The minimum atomic E-state index is -4.86. The minimum Gasteiger partial charge on any atom is -0.441 e. The molecule has 1 aromatic carbocycles. The average Bonchev–Trinajstić information content (AvgIpc) is 2.96. The van der Waals surface area contributed by atoms with Gasteiger partial charge in [0.1, 0.15) is 0 Å². The normalized spacial score (nSPS) is 13.7. The van der Waals surface area contributed by atoms with Crippen molar-refractivity contribution in [2.75, 3.05) is 14.1 Å². The van der Waals surface area contributed by atoms with E-state index < -0.39 is 34.1 Å². The fraction of sp³-hybridized carbons (Fsp3) is 0.333. The van der Waals surface area contributed by atoms with Crippen molar-refractivity contribution in [3.05, 3.63) is 48.0 Å². The molecule has 1 atom stereocenters. The summed E-state index contributed by atoms with van der Waals surface area (Å²) in [7, 11) is 0.288. The van der Waals surface area contributed by atoms with Gasteiger partial charge in [-0.2, -0.15) is 13.2 Å². The van der Waals surface area contributed by atoms with Gasteiger partial charge in [0.2, 0.25) is 10.0 Å². The van der Waals surface area contributed by atoms with E-state index in [0.29, 0.717) is 0 Å². The number of sulfonamides is 1. The fourth-order valence-corrected chi connectivity index (χ4v) is 2.95. The number of aromatic nitrogens is 2. The largest absolute Gasteiger partial charge is 0.441 e. The first-order chi connectivity index (χ1) is 11.9. The number of esters is 1. The summed E-state index contributed by atoms with van der Waals surface area (Å²) in [5.41, 5.74) is -0.217. The number of imidazole rings is 1. The van der Waals surface area contributed by atoms with Crippen molar-refractivity contribution in [2.45, 2.75) is 17.2 Å². The summed E-state index contributed by atoms with van der Waals surface area (Å²) in [6, 6.07) is 4.42. The Morgan fingerprint density at radius 2 is 1.81 bits per heavy atom. The molecule has 0 amide bonds. The summed E-state index contributed by atoms with van der Waals surface area (Å²) < 4.78 is 70.3. The van der Waals surface area contributed by atoms with Crippen molar-refractivity contribution >= 4 is 16.0 Å². The van der Waals surface area contributed by atoms with Gasteiger partial charge in [-0.25, -0.2) is 22.5 Å². The van der Waals surface area contributed by atoms with Crippen LogP contribution < -0.4 is 0 Å². The zero-order valence-corrected chi connectivity index (χ0v) is 14.9. The lowest BCUT2D eigenvalue weighted by molar-refractivity contribution is -0.210. The minimum absolute atomic E-state index is 0.101. The third kappa shape index (κ3) is 4.05. The molecule has 11 heteroatoms. The molecule has 0 radical (unpaired) electrons. The number of nitrogens with zero attached hydrogens (tertiary/aromatic N) is 3. The molecule has 1 heterocycles. The Labute approximate surface area is 148 Å². The average molecular weight is 391 g/mol. The van der Waals surface area contributed by atoms with Gasteiger partial charge in [0.15, 0.2) is 5.82 Å². The molecule has 0 spiro atoms. The standard InChI is InChI=1S/C15H16F3N3O4S/c1-20(2)26(23,24)11-6-4-10(5-7-11)14(22)25-12(15(16,17)18)13-19-8-9-21(13)3/h4-9,12H,1-3H3/t12-/m1/s1. The van der Waals surface area contributed by atoms with Gasteiger partial charge in [-0.1, -0.05) is 0 Å². The summed E-state index contributed by atoms with van der Waals surface area (Å²) >= 11 is 0. The Morgan fingerprint density at radius 1 is 1.23 bits per heavy atom. The van der Waals surface area contributed by atoms with Gasteiger partial charge in [0.05, 0.1) is 10.5 Å². The van der Waals surface area contributed by atoms with Crippen molar-refractivity contribution in [2.24, 2.45) is 7.05 Å². The molecule has 2 aromatic rings. The molecule has 0 bridgehead atoms. The number of benzene rings is 1. The summed E-state index contributed by atoms with van der Waals surface area (Å²) in [4.78, 5) is 15.6. The van der Waals surface area contributed by atoms with Crippen LogP contribution in [0.1, 0.15) is 22.3 Å². The van der Waals surface area contributed by atoms with Crippen LogP contribution in [0.15, 0.2) is 41.6 Å². The zero-order chi connectivity index (χ0) is 19.7. The Hall–Kier alpha value is -2.40. The summed E-state index contributed by atoms with van der Waals surface area (Å²) in [6.45, 7) is 0. The fourth-order valence-electron chi connectivity index (χ4n) is 2.04. The SMILES string of the molecule is CN(C)S(=O)(=O)c1ccc(C(=O)O[C@H](c2nccn2C)C(F)(F)F)cc1. The molecular formula is C15H16F3N3O4S. The second kappa shape index (κ2) is 7.08. The Morgan fingerprint density at radius 3 is 2.23 bits per heavy atom. The van der Waals surface area contributed by atoms with E-state index in [1.54, 1.807) is 0 Å². The molecule has 0 aliphatic carbocycles. The molecule has 0 aliphatic rings. The maximum Gasteiger partial charge on any atom is 0.432 e. The van der Waals surface area contributed by atoms with Crippen LogP contribution in [0.4, 0.5) is 13.2 Å². The van der Waals surface area contributed by atoms with E-state index in [-0.39, 0.29) is 10.5 Å². The van der Waals surface area contributed by atoms with Crippen LogP contribution in [0, 0.1) is 0 Å². The van der Waals surface area contributed by atoms with E-state index in [2.05, 4.69) is 9.72 Å². The van der Waals surface area contributed by atoms with Crippen LogP contribution in [-0.2, 0) is 21.8 Å². The predicted molar refractivity (Wildman–Crippen MR) is 84.7 cm³/mol. The van der Waals surface area contributed by atoms with Crippen LogP contribution in [0.5, 0.6) is 0 Å². The molecule has 7 nitrogen and oxygen atoms in total. The van der Waals surface area contributed by atoms with Gasteiger partial charge < -0.3 is 9.30 Å². The Balaban J connectivity index is 2.27. The first-order valence-corrected chi connectivity index (χ1v) is 8.66. The number of rotatable bonds is 5. The molecule has 26 heavy (non-hydrogen) atoms. The van der Waals surface area contributed by atoms with Crippen molar-refractivity contribution in [1.29, 1.82) is 0 Å². The number of carbonyl (C=O) groups is 1. The number of carbonyl (C=O) groups excluding carboxylic acids is 1. The molecular weight excluding hydrogens is 375 g/mol. The topological polar surface area (TPSA) is 81.5 Å². The highest BCUT2D eigenvalue weighted by atomic mass is 32.2. The van der Waals surface area contributed by atoms with Gasteiger partial charge in [-0.3, -0.25) is 0 Å². The van der Waals surface area contributed by atoms with Gasteiger partial charge in [-0.05, 0) is 24.3 Å². The predicted octanol–water partition coefficient (Wildman–Crippen LogP) is 2.13. The molecule has 2 rings (SSSR count). The maximum atomic E-state index is 13.2. The lowest BCUT2D eigenvalue weighted by atomic mass is 10.2. The molecule has 0 saturated carbocycles. The second-order valence-electron chi connectivity index (χ2n) is 5.54. The molecule has 0 saturated heterocycles. The third-order valence-corrected chi connectivity index (χ3v) is 5.31. The smallest absolute Gasteiger partial charge is 0.432 e. The van der Waals surface area contributed by atoms with Crippen molar-refractivity contribution in [3.8, 4) is 0 Å². The van der Waals surface area contributed by atoms with E-state index in [0.717, 1.165) is 39.3 Å². The Kier molecular flexibility index (Phi) is 5.42. The first kappa shape index (κ1) is 19.9. The lowest BCUT2D eigenvalue weighted by Crippen LogP contribution is -2.28. The monoisotopic (exact) mass is 391 g/mol. The van der Waals surface area contributed by atoms with Crippen LogP contribution in [-0.4, -0.2) is 48.5 Å². The first-order valence-electron chi connectivity index (χ1n) is 7.22. The lowest BCUT2D eigenvalue weighted by Gasteiger charge is -2.20. The Bertz CT molecular complexity index is 890. The van der Waals surface area contributed by atoms with Crippen LogP contribution >= 0.6 is 0 Å². The molecule has 0 aliphatic heterocycles. The molecule has 1 aromatic heterocycles. The number of halogens is 3.